The summed E-state index contributed by atoms with van der Waals surface area (Å²) in [5, 5.41) is 11.0. The van der Waals surface area contributed by atoms with Crippen LogP contribution in [0.3, 0.4) is 0 Å². The van der Waals surface area contributed by atoms with Gasteiger partial charge in [-0.05, 0) is 12.1 Å². The van der Waals surface area contributed by atoms with Crippen molar-refractivity contribution >= 4 is 23.8 Å². The molecule has 0 radical (unpaired) electrons. The number of rotatable bonds is 5. The van der Waals surface area contributed by atoms with Gasteiger partial charge in [0.15, 0.2) is 0 Å². The largest absolute Gasteiger partial charge is 0.548 e. The summed E-state index contributed by atoms with van der Waals surface area (Å²) in [6, 6.07) is 16.1. The fraction of sp³-hybridized carbons (Fsp3) is 0.105. The van der Waals surface area contributed by atoms with Crippen LogP contribution in [-0.2, 0) is 9.59 Å². The fourth-order valence-corrected chi connectivity index (χ4v) is 2.57. The Morgan fingerprint density at radius 2 is 1.84 bits per heavy atom. The molecule has 0 unspecified atom stereocenters. The SMILES string of the molecule is COc1ccccc1/C=C1/N=C(c2ccccc2)N(CC(=O)[O-])C1=O. The second kappa shape index (κ2) is 7.00. The van der Waals surface area contributed by atoms with Gasteiger partial charge in [-0.2, -0.15) is 0 Å². The van der Waals surface area contributed by atoms with Crippen LogP contribution in [0.4, 0.5) is 0 Å². The van der Waals surface area contributed by atoms with Crippen molar-refractivity contribution in [2.24, 2.45) is 4.99 Å². The van der Waals surface area contributed by atoms with Crippen molar-refractivity contribution < 1.29 is 19.4 Å². The molecule has 1 heterocycles. The molecule has 1 aliphatic rings. The van der Waals surface area contributed by atoms with Gasteiger partial charge in [-0.25, -0.2) is 4.99 Å². The van der Waals surface area contributed by atoms with E-state index in [4.69, 9.17) is 4.74 Å². The summed E-state index contributed by atoms with van der Waals surface area (Å²) in [5.74, 6) is -0.960. The second-order valence-electron chi connectivity index (χ2n) is 5.34. The van der Waals surface area contributed by atoms with Crippen LogP contribution in [0, 0.1) is 0 Å². The van der Waals surface area contributed by atoms with Crippen LogP contribution >= 0.6 is 0 Å². The number of carbonyl (C=O) groups is 2. The highest BCUT2D eigenvalue weighted by atomic mass is 16.5. The van der Waals surface area contributed by atoms with Crippen LogP contribution in [-0.4, -0.2) is 36.3 Å². The molecule has 0 fully saturated rings. The highest BCUT2D eigenvalue weighted by Crippen LogP contribution is 2.25. The van der Waals surface area contributed by atoms with Crippen molar-refractivity contribution in [3.05, 3.63) is 71.4 Å². The lowest BCUT2D eigenvalue weighted by molar-refractivity contribution is -0.305. The van der Waals surface area contributed by atoms with Crippen LogP contribution < -0.4 is 9.84 Å². The first-order chi connectivity index (χ1) is 12.1. The van der Waals surface area contributed by atoms with E-state index < -0.39 is 18.4 Å². The highest BCUT2D eigenvalue weighted by molar-refractivity contribution is 6.20. The molecule has 0 bridgehead atoms. The zero-order chi connectivity index (χ0) is 17.8. The average molecular weight is 335 g/mol. The number of nitrogens with zero attached hydrogens (tertiary/aromatic N) is 2. The van der Waals surface area contributed by atoms with Gasteiger partial charge in [-0.15, -0.1) is 0 Å². The van der Waals surface area contributed by atoms with Crippen molar-refractivity contribution in [1.82, 2.24) is 4.90 Å². The lowest BCUT2D eigenvalue weighted by Crippen LogP contribution is -2.42. The number of carboxylic acids is 1. The molecule has 6 nitrogen and oxygen atoms in total. The van der Waals surface area contributed by atoms with Gasteiger partial charge >= 0.3 is 0 Å². The Labute approximate surface area is 144 Å². The number of carbonyl (C=O) groups excluding carboxylic acids is 2. The minimum absolute atomic E-state index is 0.143. The minimum Gasteiger partial charge on any atom is -0.548 e. The monoisotopic (exact) mass is 335 g/mol. The summed E-state index contributed by atoms with van der Waals surface area (Å²) < 4.78 is 5.27. The topological polar surface area (TPSA) is 82.0 Å². The molecule has 0 atom stereocenters. The summed E-state index contributed by atoms with van der Waals surface area (Å²) in [5.41, 5.74) is 1.48. The molecule has 2 aromatic rings. The molecular formula is C19H15N2O4-. The van der Waals surface area contributed by atoms with Gasteiger partial charge in [0, 0.05) is 11.1 Å². The lowest BCUT2D eigenvalue weighted by atomic mass is 10.1. The molecule has 126 valence electrons. The molecule has 2 aromatic carbocycles. The number of para-hydroxylation sites is 1. The summed E-state index contributed by atoms with van der Waals surface area (Å²) in [6.07, 6.45) is 1.58. The minimum atomic E-state index is -1.35. The quantitative estimate of drug-likeness (QED) is 0.766. The average Bonchev–Trinajstić information content (AvgIpc) is 2.92. The van der Waals surface area contributed by atoms with Crippen molar-refractivity contribution in [3.8, 4) is 5.75 Å². The first kappa shape index (κ1) is 16.4. The van der Waals surface area contributed by atoms with Gasteiger partial charge in [0.2, 0.25) is 0 Å². The zero-order valence-electron chi connectivity index (χ0n) is 13.5. The summed E-state index contributed by atoms with van der Waals surface area (Å²) in [4.78, 5) is 29.1. The fourth-order valence-electron chi connectivity index (χ4n) is 2.57. The number of hydrogen-bond donors (Lipinski definition) is 0. The predicted molar refractivity (Wildman–Crippen MR) is 90.7 cm³/mol. The number of aliphatic carboxylic acids is 1. The predicted octanol–water partition coefficient (Wildman–Crippen LogP) is 1.07. The van der Waals surface area contributed by atoms with Crippen LogP contribution in [0.2, 0.25) is 0 Å². The number of aliphatic imine (C=N–C) groups is 1. The van der Waals surface area contributed by atoms with Crippen LogP contribution in [0.15, 0.2) is 65.3 Å². The van der Waals surface area contributed by atoms with E-state index >= 15 is 0 Å². The van der Waals surface area contributed by atoms with E-state index in [9.17, 15) is 14.7 Å². The van der Waals surface area contributed by atoms with Crippen molar-refractivity contribution in [2.45, 2.75) is 0 Å². The maximum Gasteiger partial charge on any atom is 0.278 e. The first-order valence-electron chi connectivity index (χ1n) is 7.60. The molecule has 0 aromatic heterocycles. The van der Waals surface area contributed by atoms with Gasteiger partial charge in [-0.3, -0.25) is 9.69 Å². The Hall–Kier alpha value is -3.41. The van der Waals surface area contributed by atoms with Crippen LogP contribution in [0.25, 0.3) is 6.08 Å². The molecule has 1 aliphatic heterocycles. The molecular weight excluding hydrogens is 320 g/mol. The number of ether oxygens (including phenoxy) is 1. The van der Waals surface area contributed by atoms with Gasteiger partial charge in [0.1, 0.15) is 17.3 Å². The van der Waals surface area contributed by atoms with E-state index in [0.717, 1.165) is 4.90 Å². The Morgan fingerprint density at radius 1 is 1.16 bits per heavy atom. The highest BCUT2D eigenvalue weighted by Gasteiger charge is 2.31. The number of amidine groups is 1. The Bertz CT molecular complexity index is 872. The molecule has 3 rings (SSSR count). The maximum absolute atomic E-state index is 12.6. The van der Waals surface area contributed by atoms with Gasteiger partial charge in [-0.1, -0.05) is 48.5 Å². The lowest BCUT2D eigenvalue weighted by Gasteiger charge is -2.18. The standard InChI is InChI=1S/C19H16N2O4/c1-25-16-10-6-5-9-14(16)11-15-19(24)21(12-17(22)23)18(20-15)13-7-3-2-4-8-13/h2-11H,12H2,1H3,(H,22,23)/p-1/b15-11+. The number of hydrogen-bond acceptors (Lipinski definition) is 5. The Kier molecular flexibility index (Phi) is 4.61. The zero-order valence-corrected chi connectivity index (χ0v) is 13.5. The van der Waals surface area contributed by atoms with Crippen LogP contribution in [0.5, 0.6) is 5.75 Å². The third-order valence-corrected chi connectivity index (χ3v) is 3.70. The molecule has 1 amide bonds. The van der Waals surface area contributed by atoms with Crippen molar-refractivity contribution in [3.63, 3.8) is 0 Å². The van der Waals surface area contributed by atoms with E-state index in [2.05, 4.69) is 4.99 Å². The second-order valence-corrected chi connectivity index (χ2v) is 5.34. The number of benzene rings is 2. The van der Waals surface area contributed by atoms with Gasteiger partial charge < -0.3 is 14.6 Å². The molecule has 0 N–H and O–H groups in total. The van der Waals surface area contributed by atoms with Crippen molar-refractivity contribution in [2.75, 3.05) is 13.7 Å². The van der Waals surface area contributed by atoms with E-state index in [1.54, 1.807) is 42.5 Å². The Balaban J connectivity index is 2.06. The van der Waals surface area contributed by atoms with Crippen molar-refractivity contribution in [1.29, 1.82) is 0 Å². The summed E-state index contributed by atoms with van der Waals surface area (Å²) >= 11 is 0. The number of amides is 1. The number of carboxylic acid groups (broad SMARTS) is 1. The maximum atomic E-state index is 12.6. The van der Waals surface area contributed by atoms with E-state index in [1.807, 2.05) is 18.2 Å². The molecule has 25 heavy (non-hydrogen) atoms. The molecule has 6 heteroatoms. The van der Waals surface area contributed by atoms with E-state index in [-0.39, 0.29) is 11.5 Å². The van der Waals surface area contributed by atoms with Gasteiger partial charge in [0.05, 0.1) is 19.6 Å². The van der Waals surface area contributed by atoms with Gasteiger partial charge in [0.25, 0.3) is 5.91 Å². The molecule has 0 spiro atoms. The summed E-state index contributed by atoms with van der Waals surface area (Å²) in [7, 11) is 1.54. The smallest absolute Gasteiger partial charge is 0.278 e. The van der Waals surface area contributed by atoms with E-state index in [0.29, 0.717) is 16.9 Å². The van der Waals surface area contributed by atoms with E-state index in [1.165, 1.54) is 7.11 Å². The Morgan fingerprint density at radius 3 is 2.52 bits per heavy atom. The summed E-state index contributed by atoms with van der Waals surface area (Å²) in [6.45, 7) is -0.560. The third kappa shape index (κ3) is 3.42. The normalized spacial score (nSPS) is 15.4. The molecule has 0 saturated heterocycles. The molecule has 0 saturated carbocycles. The third-order valence-electron chi connectivity index (χ3n) is 3.70. The van der Waals surface area contributed by atoms with Crippen LogP contribution in [0.1, 0.15) is 11.1 Å². The number of methoxy groups -OCH3 is 1. The molecule has 0 aliphatic carbocycles. The first-order valence-corrected chi connectivity index (χ1v) is 7.60.